The zero-order chi connectivity index (χ0) is 21.3. The molecule has 0 saturated heterocycles. The van der Waals surface area contributed by atoms with E-state index in [1.165, 1.54) is 6.92 Å². The van der Waals surface area contributed by atoms with E-state index in [0.29, 0.717) is 29.7 Å². The number of nitrogens with zero attached hydrogens (tertiary/aromatic N) is 2. The minimum absolute atomic E-state index is 0.00880. The van der Waals surface area contributed by atoms with Gasteiger partial charge >= 0.3 is 0 Å². The molecule has 1 unspecified atom stereocenters. The van der Waals surface area contributed by atoms with E-state index >= 15 is 0 Å². The van der Waals surface area contributed by atoms with Crippen LogP contribution in [0.1, 0.15) is 48.6 Å². The van der Waals surface area contributed by atoms with Crippen LogP contribution >= 0.6 is 0 Å². The topological polar surface area (TPSA) is 80.2 Å². The molecule has 1 aliphatic rings. The first kappa shape index (κ1) is 19.7. The van der Waals surface area contributed by atoms with Crippen molar-refractivity contribution in [3.05, 3.63) is 77.4 Å². The van der Waals surface area contributed by atoms with Crippen molar-refractivity contribution < 1.29 is 14.7 Å². The third-order valence-electron chi connectivity index (χ3n) is 5.43. The molecule has 0 aliphatic heterocycles. The zero-order valence-corrected chi connectivity index (χ0v) is 16.9. The maximum absolute atomic E-state index is 13.1. The minimum atomic E-state index is -0.236. The smallest absolute Gasteiger partial charge is 0.171 e. The second-order valence-electron chi connectivity index (χ2n) is 7.54. The number of allylic oxidation sites excluding steroid dienone is 1. The third kappa shape index (κ3) is 3.66. The normalized spacial score (nSPS) is 15.5. The molecule has 1 aliphatic carbocycles. The summed E-state index contributed by atoms with van der Waals surface area (Å²) in [5.74, 6) is -0.124. The highest BCUT2D eigenvalue weighted by Gasteiger charge is 2.30. The van der Waals surface area contributed by atoms with Gasteiger partial charge in [0, 0.05) is 53.3 Å². The van der Waals surface area contributed by atoms with Gasteiger partial charge < -0.3 is 5.11 Å². The second-order valence-corrected chi connectivity index (χ2v) is 7.54. The van der Waals surface area contributed by atoms with Crippen LogP contribution in [0.3, 0.4) is 0 Å². The summed E-state index contributed by atoms with van der Waals surface area (Å²) in [6.45, 7) is 3.52. The highest BCUT2D eigenvalue weighted by molar-refractivity contribution is 6.30. The van der Waals surface area contributed by atoms with Gasteiger partial charge in [-0.25, -0.2) is 0 Å². The molecule has 1 N–H and O–H groups in total. The lowest BCUT2D eigenvalue weighted by atomic mass is 9.79. The molecule has 5 nitrogen and oxygen atoms in total. The number of phenolic OH excluding ortho intramolecular Hbond substituents is 1. The zero-order valence-electron chi connectivity index (χ0n) is 16.9. The molecule has 5 heteroatoms. The number of hydrogen-bond acceptors (Lipinski definition) is 5. The highest BCUT2D eigenvalue weighted by atomic mass is 16.3. The highest BCUT2D eigenvalue weighted by Crippen LogP contribution is 2.40. The molecule has 2 aromatic heterocycles. The number of phenols is 1. The molecule has 0 radical (unpaired) electrons. The summed E-state index contributed by atoms with van der Waals surface area (Å²) in [5.41, 5.74) is 5.23. The first-order chi connectivity index (χ1) is 14.5. The molecular weight excluding hydrogens is 376 g/mol. The predicted octanol–water partition coefficient (Wildman–Crippen LogP) is 4.60. The summed E-state index contributed by atoms with van der Waals surface area (Å²) in [6, 6.07) is 10.9. The van der Waals surface area contributed by atoms with Crippen LogP contribution in [0.2, 0.25) is 0 Å². The van der Waals surface area contributed by atoms with E-state index in [4.69, 9.17) is 0 Å². The number of hydrogen-bond donors (Lipinski definition) is 1. The lowest BCUT2D eigenvalue weighted by Gasteiger charge is -2.24. The fraction of sp³-hybridized carbons (Fsp3) is 0.200. The Hall–Kier alpha value is -3.60. The first-order valence-electron chi connectivity index (χ1n) is 9.96. The van der Waals surface area contributed by atoms with Crippen LogP contribution in [0, 0.1) is 0 Å². The molecule has 0 amide bonds. The predicted molar refractivity (Wildman–Crippen MR) is 116 cm³/mol. The maximum Gasteiger partial charge on any atom is 0.171 e. The van der Waals surface area contributed by atoms with Crippen LogP contribution in [0.15, 0.2) is 55.0 Å². The SMILES string of the molecule is CCC1C(=O)C(c2ccc(-c3ccc(CC(C)=O)nc3)cc2O)=Cc2cnccc21. The molecule has 30 heavy (non-hydrogen) atoms. The van der Waals surface area contributed by atoms with Crippen molar-refractivity contribution in [1.29, 1.82) is 0 Å². The van der Waals surface area contributed by atoms with E-state index in [1.807, 2.05) is 37.3 Å². The van der Waals surface area contributed by atoms with E-state index in [2.05, 4.69) is 9.97 Å². The second kappa shape index (κ2) is 8.03. The van der Waals surface area contributed by atoms with E-state index < -0.39 is 0 Å². The van der Waals surface area contributed by atoms with Crippen molar-refractivity contribution in [2.75, 3.05) is 0 Å². The number of carbonyl (C=O) groups excluding carboxylic acids is 2. The summed E-state index contributed by atoms with van der Waals surface area (Å²) >= 11 is 0. The molecule has 3 aromatic rings. The largest absolute Gasteiger partial charge is 0.507 e. The Morgan fingerprint density at radius 3 is 2.57 bits per heavy atom. The molecule has 0 saturated carbocycles. The Bertz CT molecular complexity index is 1160. The maximum atomic E-state index is 13.1. The molecule has 4 rings (SSSR count). The van der Waals surface area contributed by atoms with Gasteiger partial charge in [-0.2, -0.15) is 0 Å². The molecule has 2 heterocycles. The van der Waals surface area contributed by atoms with Gasteiger partial charge in [0.2, 0.25) is 0 Å². The summed E-state index contributed by atoms with van der Waals surface area (Å²) in [6.07, 6.45) is 7.94. The molecule has 150 valence electrons. The van der Waals surface area contributed by atoms with Crippen molar-refractivity contribution in [3.63, 3.8) is 0 Å². The molecule has 0 fully saturated rings. The van der Waals surface area contributed by atoms with Crippen LogP contribution < -0.4 is 0 Å². The van der Waals surface area contributed by atoms with E-state index in [9.17, 15) is 14.7 Å². The van der Waals surface area contributed by atoms with Crippen LogP contribution in [0.25, 0.3) is 22.8 Å². The number of carbonyl (C=O) groups is 2. The van der Waals surface area contributed by atoms with Crippen molar-refractivity contribution >= 4 is 23.2 Å². The van der Waals surface area contributed by atoms with Crippen molar-refractivity contribution in [2.24, 2.45) is 0 Å². The van der Waals surface area contributed by atoms with E-state index in [1.54, 1.807) is 30.7 Å². The van der Waals surface area contributed by atoms with Gasteiger partial charge in [0.1, 0.15) is 11.5 Å². The summed E-state index contributed by atoms with van der Waals surface area (Å²) < 4.78 is 0. The molecular formula is C25H22N2O3. The van der Waals surface area contributed by atoms with Gasteiger partial charge in [-0.15, -0.1) is 0 Å². The lowest BCUT2D eigenvalue weighted by Crippen LogP contribution is -2.18. The molecule has 1 atom stereocenters. The molecule has 0 bridgehead atoms. The molecule has 1 aromatic carbocycles. The summed E-state index contributed by atoms with van der Waals surface area (Å²) in [7, 11) is 0. The number of rotatable bonds is 5. The average molecular weight is 398 g/mol. The van der Waals surface area contributed by atoms with Crippen molar-refractivity contribution in [3.8, 4) is 16.9 Å². The Morgan fingerprint density at radius 1 is 1.10 bits per heavy atom. The fourth-order valence-electron chi connectivity index (χ4n) is 3.92. The number of Topliss-reactive ketones (excluding diaryl/α,β-unsaturated/α-hetero) is 2. The number of aromatic hydroxyl groups is 1. The van der Waals surface area contributed by atoms with Gasteiger partial charge in [-0.05, 0) is 60.4 Å². The van der Waals surface area contributed by atoms with Crippen LogP contribution in [0.5, 0.6) is 5.75 Å². The Morgan fingerprint density at radius 2 is 1.90 bits per heavy atom. The number of pyridine rings is 2. The Balaban J connectivity index is 1.69. The fourth-order valence-corrected chi connectivity index (χ4v) is 3.92. The Labute approximate surface area is 175 Å². The van der Waals surface area contributed by atoms with Gasteiger partial charge in [0.05, 0.1) is 0 Å². The lowest BCUT2D eigenvalue weighted by molar-refractivity contribution is -0.116. The number of fused-ring (bicyclic) bond motifs is 1. The van der Waals surface area contributed by atoms with Crippen molar-refractivity contribution in [1.82, 2.24) is 9.97 Å². The Kier molecular flexibility index (Phi) is 5.27. The first-order valence-corrected chi connectivity index (χ1v) is 9.96. The number of benzene rings is 1. The van der Waals surface area contributed by atoms with E-state index in [-0.39, 0.29) is 23.2 Å². The monoisotopic (exact) mass is 398 g/mol. The minimum Gasteiger partial charge on any atom is -0.507 e. The number of aromatic nitrogens is 2. The third-order valence-corrected chi connectivity index (χ3v) is 5.43. The number of ketones is 2. The quantitative estimate of drug-likeness (QED) is 0.679. The molecule has 0 spiro atoms. The van der Waals surface area contributed by atoms with Crippen LogP contribution in [-0.2, 0) is 16.0 Å². The summed E-state index contributed by atoms with van der Waals surface area (Å²) in [5, 5.41) is 10.7. The average Bonchev–Trinajstić information content (AvgIpc) is 2.74. The van der Waals surface area contributed by atoms with Crippen molar-refractivity contribution in [2.45, 2.75) is 32.6 Å². The van der Waals surface area contributed by atoms with Crippen LogP contribution in [-0.4, -0.2) is 26.6 Å². The van der Waals surface area contributed by atoms with Gasteiger partial charge in [-0.1, -0.05) is 19.1 Å². The standard InChI is InChI=1S/C25H22N2O3/c1-3-20-21-8-9-26-13-18(21)11-23(25(20)30)22-7-5-16(12-24(22)29)17-4-6-19(27-14-17)10-15(2)28/h4-9,11-14,20,29H,3,10H2,1-2H3. The van der Waals surface area contributed by atoms with Crippen LogP contribution in [0.4, 0.5) is 0 Å². The van der Waals surface area contributed by atoms with Gasteiger partial charge in [0.25, 0.3) is 0 Å². The van der Waals surface area contributed by atoms with E-state index in [0.717, 1.165) is 22.3 Å². The van der Waals surface area contributed by atoms with Gasteiger partial charge in [0.15, 0.2) is 5.78 Å². The van der Waals surface area contributed by atoms with Gasteiger partial charge in [-0.3, -0.25) is 19.6 Å². The summed E-state index contributed by atoms with van der Waals surface area (Å²) in [4.78, 5) is 32.8.